The van der Waals surface area contributed by atoms with Gasteiger partial charge in [-0.25, -0.2) is 4.98 Å². The number of nitrogens with zero attached hydrogens (tertiary/aromatic N) is 5. The Kier molecular flexibility index (Phi) is 4.87. The van der Waals surface area contributed by atoms with E-state index in [0.717, 1.165) is 23.3 Å². The Morgan fingerprint density at radius 2 is 1.85 bits per heavy atom. The Morgan fingerprint density at radius 1 is 1.03 bits per heavy atom. The van der Waals surface area contributed by atoms with Crippen molar-refractivity contribution in [3.05, 3.63) is 76.8 Å². The third-order valence-corrected chi connectivity index (χ3v) is 5.82. The molecule has 0 amide bonds. The summed E-state index contributed by atoms with van der Waals surface area (Å²) in [4.78, 5) is 22.1. The first-order chi connectivity index (χ1) is 16.7. The van der Waals surface area contributed by atoms with Gasteiger partial charge in [0.15, 0.2) is 17.3 Å². The third kappa shape index (κ3) is 3.51. The van der Waals surface area contributed by atoms with Gasteiger partial charge in [0.25, 0.3) is 11.3 Å². The van der Waals surface area contributed by atoms with Crippen molar-refractivity contribution >= 4 is 16.7 Å². The first kappa shape index (κ1) is 20.2. The molecule has 6 rings (SSSR count). The van der Waals surface area contributed by atoms with Crippen LogP contribution in [0.5, 0.6) is 17.2 Å². The van der Waals surface area contributed by atoms with Crippen molar-refractivity contribution in [3.63, 3.8) is 0 Å². The highest BCUT2D eigenvalue weighted by Gasteiger charge is 2.16. The molecule has 0 saturated carbocycles. The summed E-state index contributed by atoms with van der Waals surface area (Å²) < 4.78 is 20.0. The van der Waals surface area contributed by atoms with Crippen molar-refractivity contribution in [2.45, 2.75) is 13.0 Å². The lowest BCUT2D eigenvalue weighted by Crippen LogP contribution is -2.21. The van der Waals surface area contributed by atoms with E-state index < -0.39 is 0 Å². The van der Waals surface area contributed by atoms with Gasteiger partial charge in [0.05, 0.1) is 37.8 Å². The Balaban J connectivity index is 1.38. The smallest absolute Gasteiger partial charge is 0.261 e. The Morgan fingerprint density at radius 3 is 2.68 bits per heavy atom. The fourth-order valence-electron chi connectivity index (χ4n) is 4.04. The number of ether oxygens (including phenoxy) is 3. The maximum absolute atomic E-state index is 13.2. The predicted octanol–water partition coefficient (Wildman–Crippen LogP) is 3.32. The zero-order valence-corrected chi connectivity index (χ0v) is 18.5. The Bertz CT molecular complexity index is 1570. The molecule has 0 radical (unpaired) electrons. The van der Waals surface area contributed by atoms with Crippen molar-refractivity contribution in [1.29, 1.82) is 0 Å². The molecule has 1 aliphatic heterocycles. The summed E-state index contributed by atoms with van der Waals surface area (Å²) in [5.41, 5.74) is 2.29. The van der Waals surface area contributed by atoms with E-state index in [1.807, 2.05) is 48.5 Å². The topological polar surface area (TPSA) is 92.8 Å². The normalized spacial score (nSPS) is 13.2. The molecule has 34 heavy (non-hydrogen) atoms. The molecule has 170 valence electrons. The summed E-state index contributed by atoms with van der Waals surface area (Å²) in [6, 6.07) is 15.1. The fourth-order valence-corrected chi connectivity index (χ4v) is 4.04. The second-order valence-electron chi connectivity index (χ2n) is 8.01. The number of hydrogen-bond donors (Lipinski definition) is 0. The van der Waals surface area contributed by atoms with Crippen LogP contribution >= 0.6 is 0 Å². The highest BCUT2D eigenvalue weighted by atomic mass is 16.5. The zero-order chi connectivity index (χ0) is 23.1. The van der Waals surface area contributed by atoms with E-state index in [4.69, 9.17) is 14.2 Å². The summed E-state index contributed by atoms with van der Waals surface area (Å²) in [6.07, 6.45) is 4.16. The van der Waals surface area contributed by atoms with Crippen LogP contribution in [0.1, 0.15) is 12.0 Å². The summed E-state index contributed by atoms with van der Waals surface area (Å²) in [6.45, 7) is 1.67. The number of hydrogen-bond acceptors (Lipinski definition) is 7. The lowest BCUT2D eigenvalue weighted by atomic mass is 10.2. The molecule has 4 heterocycles. The molecule has 1 aliphatic rings. The molecular weight excluding hydrogens is 434 g/mol. The molecule has 0 fully saturated rings. The minimum absolute atomic E-state index is 0.143. The summed E-state index contributed by atoms with van der Waals surface area (Å²) >= 11 is 0. The molecule has 0 spiro atoms. The first-order valence-electron chi connectivity index (χ1n) is 11.0. The average Bonchev–Trinajstić information content (AvgIpc) is 3.17. The second-order valence-corrected chi connectivity index (χ2v) is 8.01. The monoisotopic (exact) mass is 455 g/mol. The molecule has 0 atom stereocenters. The molecule has 0 unspecified atom stereocenters. The Labute approximate surface area is 194 Å². The van der Waals surface area contributed by atoms with Gasteiger partial charge >= 0.3 is 0 Å². The maximum Gasteiger partial charge on any atom is 0.261 e. The summed E-state index contributed by atoms with van der Waals surface area (Å²) in [5, 5.41) is 5.11. The van der Waals surface area contributed by atoms with Crippen LogP contribution < -0.4 is 19.8 Å². The second kappa shape index (κ2) is 8.18. The van der Waals surface area contributed by atoms with E-state index in [0.29, 0.717) is 53.8 Å². The van der Waals surface area contributed by atoms with Crippen LogP contribution in [0.15, 0.2) is 65.7 Å². The molecule has 9 heteroatoms. The van der Waals surface area contributed by atoms with E-state index in [2.05, 4.69) is 15.1 Å². The van der Waals surface area contributed by atoms with Crippen LogP contribution in [0.2, 0.25) is 0 Å². The molecular formula is C25H21N5O4. The Hall–Kier alpha value is -4.40. The van der Waals surface area contributed by atoms with E-state index in [-0.39, 0.29) is 5.56 Å². The largest absolute Gasteiger partial charge is 0.497 e. The molecule has 9 nitrogen and oxygen atoms in total. The average molecular weight is 455 g/mol. The maximum atomic E-state index is 13.2. The van der Waals surface area contributed by atoms with Gasteiger partial charge < -0.3 is 18.8 Å². The lowest BCUT2D eigenvalue weighted by Gasteiger charge is -2.08. The van der Waals surface area contributed by atoms with E-state index in [9.17, 15) is 4.79 Å². The molecule has 3 aromatic heterocycles. The fraction of sp³-hybridized carbons (Fsp3) is 0.200. The van der Waals surface area contributed by atoms with Gasteiger partial charge in [0, 0.05) is 24.4 Å². The van der Waals surface area contributed by atoms with Gasteiger partial charge in [-0.15, -0.1) is 5.10 Å². The van der Waals surface area contributed by atoms with Crippen LogP contribution in [0.4, 0.5) is 0 Å². The van der Waals surface area contributed by atoms with E-state index in [1.165, 1.54) is 0 Å². The highest BCUT2D eigenvalue weighted by molar-refractivity contribution is 5.79. The third-order valence-electron chi connectivity index (χ3n) is 5.82. The van der Waals surface area contributed by atoms with E-state index >= 15 is 0 Å². The van der Waals surface area contributed by atoms with E-state index in [1.54, 1.807) is 28.6 Å². The molecule has 5 aromatic rings. The van der Waals surface area contributed by atoms with Gasteiger partial charge in [-0.1, -0.05) is 12.1 Å². The van der Waals surface area contributed by atoms with Crippen molar-refractivity contribution in [2.75, 3.05) is 20.3 Å². The van der Waals surface area contributed by atoms with Crippen LogP contribution in [0.25, 0.3) is 28.1 Å². The van der Waals surface area contributed by atoms with Crippen LogP contribution in [-0.2, 0) is 6.54 Å². The molecule has 0 aliphatic carbocycles. The number of aromatic nitrogens is 5. The lowest BCUT2D eigenvalue weighted by molar-refractivity contribution is 0.297. The van der Waals surface area contributed by atoms with Crippen molar-refractivity contribution in [2.24, 2.45) is 0 Å². The minimum atomic E-state index is -0.143. The van der Waals surface area contributed by atoms with Crippen molar-refractivity contribution in [1.82, 2.24) is 24.1 Å². The first-order valence-corrected chi connectivity index (χ1v) is 11.0. The van der Waals surface area contributed by atoms with Crippen LogP contribution in [0, 0.1) is 0 Å². The van der Waals surface area contributed by atoms with Gasteiger partial charge in [0.2, 0.25) is 0 Å². The quantitative estimate of drug-likeness (QED) is 0.410. The predicted molar refractivity (Wildman–Crippen MR) is 126 cm³/mol. The van der Waals surface area contributed by atoms with Crippen LogP contribution in [0.3, 0.4) is 0 Å². The molecule has 0 bridgehead atoms. The number of fused-ring (bicyclic) bond motifs is 4. The number of pyridine rings is 1. The minimum Gasteiger partial charge on any atom is -0.497 e. The molecule has 0 saturated heterocycles. The molecule has 0 N–H and O–H groups in total. The van der Waals surface area contributed by atoms with Crippen LogP contribution in [-0.4, -0.2) is 44.5 Å². The van der Waals surface area contributed by atoms with Gasteiger partial charge in [0.1, 0.15) is 5.75 Å². The summed E-state index contributed by atoms with van der Waals surface area (Å²) in [5.74, 6) is 3.08. The van der Waals surface area contributed by atoms with Gasteiger partial charge in [-0.2, -0.15) is 9.50 Å². The highest BCUT2D eigenvalue weighted by Crippen LogP contribution is 2.33. The van der Waals surface area contributed by atoms with Crippen molar-refractivity contribution < 1.29 is 14.2 Å². The molecule has 2 aromatic carbocycles. The van der Waals surface area contributed by atoms with Gasteiger partial charge in [-0.05, 0) is 42.0 Å². The number of benzene rings is 2. The zero-order valence-electron chi connectivity index (χ0n) is 18.5. The number of rotatable bonds is 4. The van der Waals surface area contributed by atoms with Gasteiger partial charge in [-0.3, -0.25) is 4.79 Å². The number of methoxy groups -OCH3 is 1. The van der Waals surface area contributed by atoms with Crippen molar-refractivity contribution in [3.8, 4) is 28.6 Å². The SMILES string of the molecule is COc1ccc(Cn2ccc3c(cnc4nc(-c5ccc6c(c5)OCCCO6)nn43)c2=O)cc1. The summed E-state index contributed by atoms with van der Waals surface area (Å²) in [7, 11) is 1.63. The standard InChI is InChI=1S/C25H21N5O4/c1-32-18-6-3-16(4-7-18)15-29-10-9-20-19(24(29)31)14-26-25-27-23(28-30(20)25)17-5-8-21-22(13-17)34-12-2-11-33-21/h3-10,13-14H,2,11-12,15H2,1H3.